The van der Waals surface area contributed by atoms with Gasteiger partial charge in [-0.2, -0.15) is 0 Å². The van der Waals surface area contributed by atoms with Crippen LogP contribution in [0.2, 0.25) is 0 Å². The summed E-state index contributed by atoms with van der Waals surface area (Å²) in [5.74, 6) is -0.0655. The van der Waals surface area contributed by atoms with Crippen LogP contribution in [-0.4, -0.2) is 41.9 Å². The van der Waals surface area contributed by atoms with E-state index in [1.165, 1.54) is 12.1 Å². The van der Waals surface area contributed by atoms with Crippen molar-refractivity contribution < 1.29 is 9.72 Å². The summed E-state index contributed by atoms with van der Waals surface area (Å²) < 4.78 is 0. The van der Waals surface area contributed by atoms with E-state index in [9.17, 15) is 14.9 Å². The third-order valence-electron chi connectivity index (χ3n) is 3.83. The van der Waals surface area contributed by atoms with Crippen LogP contribution in [0.25, 0.3) is 0 Å². The Hall–Kier alpha value is -1.95. The molecule has 0 saturated carbocycles. The molecule has 2 rings (SSSR count). The molecular weight excluding hydrogens is 258 g/mol. The molecule has 6 nitrogen and oxygen atoms in total. The summed E-state index contributed by atoms with van der Waals surface area (Å²) in [6.07, 6.45) is 1.88. The van der Waals surface area contributed by atoms with Crippen molar-refractivity contribution in [3.8, 4) is 0 Å². The van der Waals surface area contributed by atoms with Gasteiger partial charge in [-0.3, -0.25) is 14.9 Å². The number of rotatable bonds is 3. The standard InChI is InChI=1S/C14H19N3O3/c1-10-9-12(17(19)20)3-4-13(10)14(18)16(2)11-5-7-15-8-6-11/h3-4,9,11,15H,5-8H2,1-2H3. The molecule has 0 aromatic heterocycles. The Bertz CT molecular complexity index is 524. The first-order valence-electron chi connectivity index (χ1n) is 6.73. The topological polar surface area (TPSA) is 75.5 Å². The summed E-state index contributed by atoms with van der Waals surface area (Å²) in [6, 6.07) is 4.62. The molecule has 1 aromatic carbocycles. The van der Waals surface area contributed by atoms with Crippen molar-refractivity contribution in [3.05, 3.63) is 39.4 Å². The van der Waals surface area contributed by atoms with Gasteiger partial charge in [-0.15, -0.1) is 0 Å². The molecule has 108 valence electrons. The van der Waals surface area contributed by atoms with Crippen LogP contribution in [0.4, 0.5) is 5.69 Å². The number of carbonyl (C=O) groups is 1. The maximum absolute atomic E-state index is 12.5. The number of hydrogen-bond donors (Lipinski definition) is 1. The van der Waals surface area contributed by atoms with Crippen LogP contribution in [0.5, 0.6) is 0 Å². The monoisotopic (exact) mass is 277 g/mol. The molecule has 1 fully saturated rings. The van der Waals surface area contributed by atoms with Crippen LogP contribution in [0.15, 0.2) is 18.2 Å². The Kier molecular flexibility index (Phi) is 4.34. The Labute approximate surface area is 117 Å². The van der Waals surface area contributed by atoms with E-state index in [4.69, 9.17) is 0 Å². The number of non-ortho nitro benzene ring substituents is 1. The van der Waals surface area contributed by atoms with E-state index in [1.807, 2.05) is 0 Å². The van der Waals surface area contributed by atoms with Gasteiger partial charge in [-0.05, 0) is 44.5 Å². The number of amides is 1. The van der Waals surface area contributed by atoms with Crippen molar-refractivity contribution in [2.75, 3.05) is 20.1 Å². The molecule has 1 heterocycles. The van der Waals surface area contributed by atoms with Gasteiger partial charge in [0.25, 0.3) is 11.6 Å². The molecule has 1 aliphatic heterocycles. The van der Waals surface area contributed by atoms with Crippen LogP contribution < -0.4 is 5.32 Å². The first kappa shape index (κ1) is 14.5. The highest BCUT2D eigenvalue weighted by Gasteiger charge is 2.24. The van der Waals surface area contributed by atoms with Crippen LogP contribution in [0, 0.1) is 17.0 Å². The minimum Gasteiger partial charge on any atom is -0.339 e. The van der Waals surface area contributed by atoms with Gasteiger partial charge in [0.2, 0.25) is 0 Å². The van der Waals surface area contributed by atoms with Crippen LogP contribution in [-0.2, 0) is 0 Å². The number of aryl methyl sites for hydroxylation is 1. The second-order valence-corrected chi connectivity index (χ2v) is 5.15. The maximum atomic E-state index is 12.5. The predicted molar refractivity (Wildman–Crippen MR) is 75.8 cm³/mol. The van der Waals surface area contributed by atoms with Gasteiger partial charge in [0.1, 0.15) is 0 Å². The summed E-state index contributed by atoms with van der Waals surface area (Å²) in [7, 11) is 1.80. The van der Waals surface area contributed by atoms with E-state index in [2.05, 4.69) is 5.32 Å². The van der Waals surface area contributed by atoms with Crippen molar-refractivity contribution in [1.82, 2.24) is 10.2 Å². The third kappa shape index (κ3) is 2.96. The molecule has 1 amide bonds. The summed E-state index contributed by atoms with van der Waals surface area (Å²) in [5, 5.41) is 14.0. The van der Waals surface area contributed by atoms with Gasteiger partial charge >= 0.3 is 0 Å². The van der Waals surface area contributed by atoms with Crippen molar-refractivity contribution in [2.45, 2.75) is 25.8 Å². The SMILES string of the molecule is Cc1cc([N+](=O)[O-])ccc1C(=O)N(C)C1CCNCC1. The Balaban J connectivity index is 2.17. The van der Waals surface area contributed by atoms with Gasteiger partial charge in [0.05, 0.1) is 4.92 Å². The summed E-state index contributed by atoms with van der Waals surface area (Å²) >= 11 is 0. The van der Waals surface area contributed by atoms with Gasteiger partial charge < -0.3 is 10.2 Å². The summed E-state index contributed by atoms with van der Waals surface area (Å²) in [6.45, 7) is 3.57. The second kappa shape index (κ2) is 6.00. The molecule has 0 atom stereocenters. The van der Waals surface area contributed by atoms with E-state index in [1.54, 1.807) is 24.9 Å². The van der Waals surface area contributed by atoms with E-state index < -0.39 is 4.92 Å². The molecule has 0 bridgehead atoms. The highest BCUT2D eigenvalue weighted by molar-refractivity contribution is 5.96. The smallest absolute Gasteiger partial charge is 0.269 e. The number of nitro benzene ring substituents is 1. The van der Waals surface area contributed by atoms with Crippen LogP contribution in [0.3, 0.4) is 0 Å². The fraction of sp³-hybridized carbons (Fsp3) is 0.500. The van der Waals surface area contributed by atoms with Crippen molar-refractivity contribution in [1.29, 1.82) is 0 Å². The van der Waals surface area contributed by atoms with Crippen molar-refractivity contribution in [2.24, 2.45) is 0 Å². The lowest BCUT2D eigenvalue weighted by molar-refractivity contribution is -0.384. The number of hydrogen-bond acceptors (Lipinski definition) is 4. The molecule has 6 heteroatoms. The third-order valence-corrected chi connectivity index (χ3v) is 3.83. The molecule has 1 saturated heterocycles. The van der Waals surface area contributed by atoms with Crippen LogP contribution in [0.1, 0.15) is 28.8 Å². The van der Waals surface area contributed by atoms with Crippen molar-refractivity contribution >= 4 is 11.6 Å². The lowest BCUT2D eigenvalue weighted by Gasteiger charge is -2.32. The zero-order chi connectivity index (χ0) is 14.7. The first-order chi connectivity index (χ1) is 9.50. The Morgan fingerprint density at radius 3 is 2.60 bits per heavy atom. The lowest BCUT2D eigenvalue weighted by Crippen LogP contribution is -2.44. The summed E-state index contributed by atoms with van der Waals surface area (Å²) in [5.41, 5.74) is 1.20. The fourth-order valence-electron chi connectivity index (χ4n) is 2.55. The van der Waals surface area contributed by atoms with E-state index in [0.717, 1.165) is 25.9 Å². The van der Waals surface area contributed by atoms with Gasteiger partial charge in [-0.1, -0.05) is 0 Å². The Morgan fingerprint density at radius 1 is 1.40 bits per heavy atom. The largest absolute Gasteiger partial charge is 0.339 e. The van der Waals surface area contributed by atoms with Gasteiger partial charge in [-0.25, -0.2) is 0 Å². The molecular formula is C14H19N3O3. The Morgan fingerprint density at radius 2 is 2.05 bits per heavy atom. The maximum Gasteiger partial charge on any atom is 0.269 e. The lowest BCUT2D eigenvalue weighted by atomic mass is 10.0. The zero-order valence-corrected chi connectivity index (χ0v) is 11.8. The molecule has 1 N–H and O–H groups in total. The number of piperidine rings is 1. The highest BCUT2D eigenvalue weighted by atomic mass is 16.6. The summed E-state index contributed by atoms with van der Waals surface area (Å²) in [4.78, 5) is 24.5. The normalized spacial score (nSPS) is 15.9. The first-order valence-corrected chi connectivity index (χ1v) is 6.73. The molecule has 20 heavy (non-hydrogen) atoms. The van der Waals surface area contributed by atoms with Crippen LogP contribution >= 0.6 is 0 Å². The minimum atomic E-state index is -0.447. The van der Waals surface area contributed by atoms with Gasteiger partial charge in [0.15, 0.2) is 0 Å². The number of carbonyl (C=O) groups excluding carboxylic acids is 1. The average Bonchev–Trinajstić information content (AvgIpc) is 2.46. The van der Waals surface area contributed by atoms with E-state index >= 15 is 0 Å². The van der Waals surface area contributed by atoms with Crippen molar-refractivity contribution in [3.63, 3.8) is 0 Å². The molecule has 0 unspecified atom stereocenters. The van der Waals surface area contributed by atoms with Gasteiger partial charge in [0, 0.05) is 30.8 Å². The number of nitro groups is 1. The molecule has 1 aliphatic rings. The molecule has 0 radical (unpaired) electrons. The minimum absolute atomic E-state index is 0.0172. The highest BCUT2D eigenvalue weighted by Crippen LogP contribution is 2.20. The quantitative estimate of drug-likeness (QED) is 0.674. The number of benzene rings is 1. The number of nitrogens with zero attached hydrogens (tertiary/aromatic N) is 2. The zero-order valence-electron chi connectivity index (χ0n) is 11.8. The van der Waals surface area contributed by atoms with E-state index in [0.29, 0.717) is 11.1 Å². The molecule has 0 aliphatic carbocycles. The molecule has 0 spiro atoms. The van der Waals surface area contributed by atoms with E-state index in [-0.39, 0.29) is 17.6 Å². The fourth-order valence-corrected chi connectivity index (χ4v) is 2.55. The number of nitrogens with one attached hydrogen (secondary N) is 1. The second-order valence-electron chi connectivity index (χ2n) is 5.15. The predicted octanol–water partition coefficient (Wildman–Crippen LogP) is 1.73. The average molecular weight is 277 g/mol. The molecule has 1 aromatic rings.